The van der Waals surface area contributed by atoms with Gasteiger partial charge >= 0.3 is 0 Å². The highest BCUT2D eigenvalue weighted by Crippen LogP contribution is 2.32. The van der Waals surface area contributed by atoms with E-state index in [0.717, 1.165) is 0 Å². The van der Waals surface area contributed by atoms with Crippen LogP contribution >= 0.6 is 0 Å². The molecular formula is C18H36N4O10. The van der Waals surface area contributed by atoms with Crippen molar-refractivity contribution in [1.29, 1.82) is 0 Å². The van der Waals surface area contributed by atoms with Crippen molar-refractivity contribution in [3.8, 4) is 0 Å². The average molecular weight is 469 g/mol. The van der Waals surface area contributed by atoms with Gasteiger partial charge in [0.25, 0.3) is 0 Å². The first-order valence-electron chi connectivity index (χ1n) is 10.6. The van der Waals surface area contributed by atoms with Gasteiger partial charge < -0.3 is 72.5 Å². The lowest BCUT2D eigenvalue weighted by atomic mass is 9.84. The van der Waals surface area contributed by atoms with Crippen LogP contribution in [0, 0.1) is 0 Å². The second kappa shape index (κ2) is 10.4. The van der Waals surface area contributed by atoms with E-state index in [0.29, 0.717) is 0 Å². The van der Waals surface area contributed by atoms with Crippen LogP contribution in [0.2, 0.25) is 0 Å². The van der Waals surface area contributed by atoms with E-state index < -0.39 is 98.3 Å². The molecule has 15 atom stereocenters. The van der Waals surface area contributed by atoms with Gasteiger partial charge in [-0.1, -0.05) is 0 Å². The fraction of sp³-hybridized carbons (Fsp3) is 1.00. The van der Waals surface area contributed by atoms with Crippen LogP contribution in [-0.2, 0) is 18.9 Å². The molecule has 1 aliphatic carbocycles. The van der Waals surface area contributed by atoms with E-state index in [-0.39, 0.29) is 6.42 Å². The topological polar surface area (TPSA) is 262 Å². The zero-order valence-electron chi connectivity index (χ0n) is 17.7. The molecule has 3 aliphatic rings. The molecule has 0 spiro atoms. The number of aliphatic hydroxyl groups is 6. The first kappa shape index (κ1) is 26.1. The van der Waals surface area contributed by atoms with E-state index in [2.05, 4.69) is 0 Å². The monoisotopic (exact) mass is 468 g/mol. The van der Waals surface area contributed by atoms with Crippen LogP contribution in [-0.4, -0.2) is 129 Å². The fourth-order valence-corrected chi connectivity index (χ4v) is 4.36. The van der Waals surface area contributed by atoms with Crippen molar-refractivity contribution in [2.75, 3.05) is 6.61 Å². The summed E-state index contributed by atoms with van der Waals surface area (Å²) in [6, 6.07) is -3.39. The van der Waals surface area contributed by atoms with E-state index in [9.17, 15) is 30.6 Å². The molecule has 13 unspecified atom stereocenters. The van der Waals surface area contributed by atoms with Gasteiger partial charge in [0, 0.05) is 18.1 Å². The van der Waals surface area contributed by atoms with Crippen LogP contribution in [0.5, 0.6) is 0 Å². The van der Waals surface area contributed by atoms with Gasteiger partial charge in [0.2, 0.25) is 0 Å². The van der Waals surface area contributed by atoms with Gasteiger partial charge in [0.05, 0.1) is 18.8 Å². The third-order valence-electron chi connectivity index (χ3n) is 6.35. The molecule has 0 aromatic rings. The van der Waals surface area contributed by atoms with Crippen LogP contribution in [0.1, 0.15) is 13.3 Å². The minimum Gasteiger partial charge on any atom is -0.394 e. The molecule has 3 rings (SSSR count). The Morgan fingerprint density at radius 3 is 2.00 bits per heavy atom. The van der Waals surface area contributed by atoms with E-state index in [1.165, 1.54) is 0 Å². The molecular weight excluding hydrogens is 432 g/mol. The van der Waals surface area contributed by atoms with Crippen LogP contribution in [0.3, 0.4) is 0 Å². The molecule has 2 saturated heterocycles. The minimum absolute atomic E-state index is 0.140. The SMILES string of the molecule is C[C@H](N)C1OC(O[C@H]2C(O)C(N)CC(N)C2OC2OC(CO)C(O)C(O)C2N)C(O)C1O. The fourth-order valence-electron chi connectivity index (χ4n) is 4.36. The largest absolute Gasteiger partial charge is 0.394 e. The summed E-state index contributed by atoms with van der Waals surface area (Å²) < 4.78 is 22.7. The highest BCUT2D eigenvalue weighted by molar-refractivity contribution is 5.01. The van der Waals surface area contributed by atoms with Gasteiger partial charge in [-0.15, -0.1) is 0 Å². The zero-order valence-corrected chi connectivity index (χ0v) is 17.7. The van der Waals surface area contributed by atoms with Crippen LogP contribution in [0.25, 0.3) is 0 Å². The second-order valence-electron chi connectivity index (χ2n) is 8.85. The quantitative estimate of drug-likeness (QED) is 0.174. The predicted octanol–water partition coefficient (Wildman–Crippen LogP) is -6.26. The van der Waals surface area contributed by atoms with Crippen molar-refractivity contribution < 1.29 is 49.6 Å². The van der Waals surface area contributed by atoms with Crippen molar-refractivity contribution in [2.24, 2.45) is 22.9 Å². The Bertz CT molecular complexity index is 618. The summed E-state index contributed by atoms with van der Waals surface area (Å²) in [6.45, 7) is 0.989. The maximum absolute atomic E-state index is 10.7. The highest BCUT2D eigenvalue weighted by Gasteiger charge is 2.52. The first-order valence-corrected chi connectivity index (χ1v) is 10.6. The van der Waals surface area contributed by atoms with Gasteiger partial charge in [-0.25, -0.2) is 0 Å². The Morgan fingerprint density at radius 2 is 1.44 bits per heavy atom. The molecule has 188 valence electrons. The molecule has 32 heavy (non-hydrogen) atoms. The molecule has 14 heteroatoms. The van der Waals surface area contributed by atoms with Gasteiger partial charge in [0.1, 0.15) is 48.8 Å². The van der Waals surface area contributed by atoms with Gasteiger partial charge in [-0.05, 0) is 13.3 Å². The van der Waals surface area contributed by atoms with E-state index in [1.807, 2.05) is 0 Å². The summed E-state index contributed by atoms with van der Waals surface area (Å²) in [5.41, 5.74) is 23.9. The van der Waals surface area contributed by atoms with E-state index in [1.54, 1.807) is 6.92 Å². The lowest BCUT2D eigenvalue weighted by Crippen LogP contribution is -2.68. The molecule has 0 aromatic heterocycles. The molecule has 3 fully saturated rings. The molecule has 2 heterocycles. The molecule has 14 N–H and O–H groups in total. The lowest BCUT2D eigenvalue weighted by Gasteiger charge is -2.47. The summed E-state index contributed by atoms with van der Waals surface area (Å²) in [7, 11) is 0. The van der Waals surface area contributed by atoms with Crippen molar-refractivity contribution in [3.05, 3.63) is 0 Å². The molecule has 1 saturated carbocycles. The third-order valence-corrected chi connectivity index (χ3v) is 6.35. The molecule has 0 radical (unpaired) electrons. The number of hydrogen-bond acceptors (Lipinski definition) is 14. The van der Waals surface area contributed by atoms with Crippen molar-refractivity contribution in [2.45, 2.75) is 105 Å². The predicted molar refractivity (Wildman–Crippen MR) is 106 cm³/mol. The van der Waals surface area contributed by atoms with Gasteiger partial charge in [-0.3, -0.25) is 0 Å². The Hall–Kier alpha value is -0.560. The zero-order chi connectivity index (χ0) is 23.9. The summed E-state index contributed by atoms with van der Waals surface area (Å²) in [5, 5.41) is 60.8. The maximum atomic E-state index is 10.7. The standard InChI is InChI=1S/C18H36N4O10/c1-4(19)14-12(27)13(28)18(30-14)32-16-9(24)5(20)2-6(21)15(16)31-17-8(22)11(26)10(25)7(3-23)29-17/h4-18,23-28H,2-3,19-22H2,1H3/t4-,5?,6?,7?,8?,9?,10?,11?,12?,13?,14?,15?,16-,17?,18?/m0/s1. The normalized spacial score (nSPS) is 53.3. The summed E-state index contributed by atoms with van der Waals surface area (Å²) in [4.78, 5) is 0. The number of nitrogens with two attached hydrogens (primary N) is 4. The third kappa shape index (κ3) is 4.94. The Kier molecular flexibility index (Phi) is 8.44. The Labute approximate surface area is 185 Å². The van der Waals surface area contributed by atoms with Gasteiger partial charge in [-0.2, -0.15) is 0 Å². The molecule has 2 aliphatic heterocycles. The van der Waals surface area contributed by atoms with E-state index >= 15 is 0 Å². The van der Waals surface area contributed by atoms with E-state index in [4.69, 9.17) is 41.9 Å². The first-order chi connectivity index (χ1) is 15.0. The van der Waals surface area contributed by atoms with Crippen molar-refractivity contribution in [3.63, 3.8) is 0 Å². The smallest absolute Gasteiger partial charge is 0.187 e. The molecule has 14 nitrogen and oxygen atoms in total. The summed E-state index contributed by atoms with van der Waals surface area (Å²) in [6.07, 6.45) is -13.9. The molecule has 0 aromatic carbocycles. The molecule has 0 amide bonds. The van der Waals surface area contributed by atoms with Gasteiger partial charge in [0.15, 0.2) is 12.6 Å². The number of aliphatic hydroxyl groups excluding tert-OH is 6. The summed E-state index contributed by atoms with van der Waals surface area (Å²) >= 11 is 0. The Morgan fingerprint density at radius 1 is 0.812 bits per heavy atom. The number of rotatable bonds is 6. The van der Waals surface area contributed by atoms with Crippen LogP contribution in [0.4, 0.5) is 0 Å². The summed E-state index contributed by atoms with van der Waals surface area (Å²) in [5.74, 6) is 0. The average Bonchev–Trinajstić information content (AvgIpc) is 3.03. The second-order valence-corrected chi connectivity index (χ2v) is 8.85. The lowest BCUT2D eigenvalue weighted by molar-refractivity contribution is -0.310. The van der Waals surface area contributed by atoms with Crippen LogP contribution in [0.15, 0.2) is 0 Å². The van der Waals surface area contributed by atoms with Crippen molar-refractivity contribution in [1.82, 2.24) is 0 Å². The molecule has 0 bridgehead atoms. The maximum Gasteiger partial charge on any atom is 0.187 e. The van der Waals surface area contributed by atoms with Crippen LogP contribution < -0.4 is 22.9 Å². The number of hydrogen-bond donors (Lipinski definition) is 10. The van der Waals surface area contributed by atoms with Crippen molar-refractivity contribution >= 4 is 0 Å². The number of ether oxygens (including phenoxy) is 4. The highest BCUT2D eigenvalue weighted by atomic mass is 16.7. The minimum atomic E-state index is -1.46. The Balaban J connectivity index is 1.78.